The van der Waals surface area contributed by atoms with Gasteiger partial charge in [-0.1, -0.05) is 13.0 Å². The highest BCUT2D eigenvalue weighted by Gasteiger charge is 2.16. The normalized spacial score (nSPS) is 17.9. The lowest BCUT2D eigenvalue weighted by molar-refractivity contribution is 0.436. The molecule has 1 aromatic rings. The lowest BCUT2D eigenvalue weighted by atomic mass is 9.99. The van der Waals surface area contributed by atoms with Gasteiger partial charge in [0.05, 0.1) is 0 Å². The summed E-state index contributed by atoms with van der Waals surface area (Å²) in [6, 6.07) is 6.15. The monoisotopic (exact) mass is 205 g/mol. The number of aromatic nitrogens is 1. The second kappa shape index (κ2) is 4.51. The van der Waals surface area contributed by atoms with Crippen molar-refractivity contribution in [1.29, 1.82) is 0 Å². The largest absolute Gasteiger partial charge is 0.373 e. The Morgan fingerprint density at radius 2 is 2.07 bits per heavy atom. The molecule has 1 aliphatic rings. The van der Waals surface area contributed by atoms with E-state index in [1.54, 1.807) is 0 Å². The Balaban J connectivity index is 2.08. The predicted molar refractivity (Wildman–Crippen MR) is 64.4 cm³/mol. The first-order valence-electron chi connectivity index (χ1n) is 5.69. The van der Waals surface area contributed by atoms with Crippen molar-refractivity contribution in [2.75, 3.05) is 30.4 Å². The minimum Gasteiger partial charge on any atom is -0.373 e. The maximum Gasteiger partial charge on any atom is 0.130 e. The van der Waals surface area contributed by atoms with E-state index in [0.717, 1.165) is 30.6 Å². The van der Waals surface area contributed by atoms with E-state index in [1.807, 2.05) is 13.1 Å². The predicted octanol–water partition coefficient (Wildman–Crippen LogP) is 2.36. The molecule has 1 N–H and O–H groups in total. The summed E-state index contributed by atoms with van der Waals surface area (Å²) in [5.74, 6) is 2.92. The molecule has 0 amide bonds. The summed E-state index contributed by atoms with van der Waals surface area (Å²) in [6.45, 7) is 4.61. The van der Waals surface area contributed by atoms with E-state index < -0.39 is 0 Å². The molecule has 2 rings (SSSR count). The summed E-state index contributed by atoms with van der Waals surface area (Å²) < 4.78 is 0. The van der Waals surface area contributed by atoms with Crippen LogP contribution in [-0.4, -0.2) is 25.1 Å². The van der Waals surface area contributed by atoms with Crippen LogP contribution in [0.3, 0.4) is 0 Å². The molecule has 1 aliphatic heterocycles. The Morgan fingerprint density at radius 3 is 2.73 bits per heavy atom. The SMILES string of the molecule is CNc1cccc(N2CCC(C)CC2)n1. The van der Waals surface area contributed by atoms with Gasteiger partial charge in [-0.2, -0.15) is 0 Å². The Kier molecular flexibility index (Phi) is 3.09. The molecule has 0 radical (unpaired) electrons. The maximum absolute atomic E-state index is 4.55. The molecule has 0 aliphatic carbocycles. The first-order valence-corrected chi connectivity index (χ1v) is 5.69. The van der Waals surface area contributed by atoms with E-state index in [1.165, 1.54) is 12.8 Å². The van der Waals surface area contributed by atoms with Crippen LogP contribution < -0.4 is 10.2 Å². The summed E-state index contributed by atoms with van der Waals surface area (Å²) in [6.07, 6.45) is 2.57. The molecule has 3 heteroatoms. The van der Waals surface area contributed by atoms with Gasteiger partial charge in [0.15, 0.2) is 0 Å². The molecule has 1 aromatic heterocycles. The minimum atomic E-state index is 0.869. The second-order valence-electron chi connectivity index (χ2n) is 4.30. The third kappa shape index (κ3) is 2.41. The highest BCUT2D eigenvalue weighted by molar-refractivity contribution is 5.46. The molecule has 2 heterocycles. The molecule has 0 aromatic carbocycles. The third-order valence-corrected chi connectivity index (χ3v) is 3.10. The topological polar surface area (TPSA) is 28.2 Å². The average Bonchev–Trinajstić information content (AvgIpc) is 2.30. The summed E-state index contributed by atoms with van der Waals surface area (Å²) >= 11 is 0. The number of anilines is 2. The maximum atomic E-state index is 4.55. The van der Waals surface area contributed by atoms with E-state index in [2.05, 4.69) is 34.3 Å². The molecule has 0 atom stereocenters. The van der Waals surface area contributed by atoms with Gasteiger partial charge in [-0.25, -0.2) is 4.98 Å². The van der Waals surface area contributed by atoms with Crippen LogP contribution in [0.4, 0.5) is 11.6 Å². The highest BCUT2D eigenvalue weighted by Crippen LogP contribution is 2.22. The van der Waals surface area contributed by atoms with Gasteiger partial charge < -0.3 is 10.2 Å². The smallest absolute Gasteiger partial charge is 0.130 e. The molecule has 0 saturated carbocycles. The highest BCUT2D eigenvalue weighted by atomic mass is 15.2. The number of piperidine rings is 1. The van der Waals surface area contributed by atoms with Crippen LogP contribution in [0.15, 0.2) is 18.2 Å². The fraction of sp³-hybridized carbons (Fsp3) is 0.583. The number of nitrogens with one attached hydrogen (secondary N) is 1. The lowest BCUT2D eigenvalue weighted by Gasteiger charge is -2.31. The quantitative estimate of drug-likeness (QED) is 0.803. The van der Waals surface area contributed by atoms with Crippen LogP contribution >= 0.6 is 0 Å². The van der Waals surface area contributed by atoms with Crippen LogP contribution in [0, 0.1) is 5.92 Å². The van der Waals surface area contributed by atoms with E-state index >= 15 is 0 Å². The van der Waals surface area contributed by atoms with Gasteiger partial charge in [-0.05, 0) is 30.9 Å². The standard InChI is InChI=1S/C12H19N3/c1-10-6-8-15(9-7-10)12-5-3-4-11(13-2)14-12/h3-5,10H,6-9H2,1-2H3,(H,13,14). The summed E-state index contributed by atoms with van der Waals surface area (Å²) in [4.78, 5) is 6.93. The number of hydrogen-bond acceptors (Lipinski definition) is 3. The third-order valence-electron chi connectivity index (χ3n) is 3.10. The number of pyridine rings is 1. The van der Waals surface area contributed by atoms with Gasteiger partial charge in [0.25, 0.3) is 0 Å². The average molecular weight is 205 g/mol. The lowest BCUT2D eigenvalue weighted by Crippen LogP contribution is -2.33. The summed E-state index contributed by atoms with van der Waals surface area (Å²) in [5.41, 5.74) is 0. The van der Waals surface area contributed by atoms with Crippen molar-refractivity contribution in [2.45, 2.75) is 19.8 Å². The Morgan fingerprint density at radius 1 is 1.33 bits per heavy atom. The van der Waals surface area contributed by atoms with Crippen LogP contribution in [0.2, 0.25) is 0 Å². The van der Waals surface area contributed by atoms with Crippen LogP contribution in [0.1, 0.15) is 19.8 Å². The Bertz CT molecular complexity index is 316. The van der Waals surface area contributed by atoms with E-state index in [0.29, 0.717) is 0 Å². The first-order chi connectivity index (χ1) is 7.29. The van der Waals surface area contributed by atoms with Gasteiger partial charge in [-0.15, -0.1) is 0 Å². The van der Waals surface area contributed by atoms with Gasteiger partial charge in [0, 0.05) is 20.1 Å². The molecule has 0 unspecified atom stereocenters. The molecule has 1 saturated heterocycles. The van der Waals surface area contributed by atoms with Crippen molar-refractivity contribution in [3.63, 3.8) is 0 Å². The van der Waals surface area contributed by atoms with E-state index in [9.17, 15) is 0 Å². The van der Waals surface area contributed by atoms with Crippen molar-refractivity contribution in [2.24, 2.45) is 5.92 Å². The zero-order valence-electron chi connectivity index (χ0n) is 9.53. The molecule has 82 valence electrons. The molecule has 0 spiro atoms. The van der Waals surface area contributed by atoms with Crippen LogP contribution in [-0.2, 0) is 0 Å². The summed E-state index contributed by atoms with van der Waals surface area (Å²) in [5, 5.41) is 3.08. The Labute approximate surface area is 91.5 Å². The number of hydrogen-bond donors (Lipinski definition) is 1. The van der Waals surface area contributed by atoms with Crippen molar-refractivity contribution >= 4 is 11.6 Å². The fourth-order valence-corrected chi connectivity index (χ4v) is 1.98. The molecule has 15 heavy (non-hydrogen) atoms. The molecule has 3 nitrogen and oxygen atoms in total. The zero-order chi connectivity index (χ0) is 10.7. The Hall–Kier alpha value is -1.25. The molecular formula is C12H19N3. The fourth-order valence-electron chi connectivity index (χ4n) is 1.98. The number of rotatable bonds is 2. The first kappa shape index (κ1) is 10.3. The van der Waals surface area contributed by atoms with Gasteiger partial charge >= 0.3 is 0 Å². The van der Waals surface area contributed by atoms with E-state index in [4.69, 9.17) is 0 Å². The number of nitrogens with zero attached hydrogens (tertiary/aromatic N) is 2. The van der Waals surface area contributed by atoms with Crippen LogP contribution in [0.5, 0.6) is 0 Å². The van der Waals surface area contributed by atoms with E-state index in [-0.39, 0.29) is 0 Å². The van der Waals surface area contributed by atoms with Crippen molar-refractivity contribution in [1.82, 2.24) is 4.98 Å². The molecule has 1 fully saturated rings. The van der Waals surface area contributed by atoms with Crippen molar-refractivity contribution < 1.29 is 0 Å². The van der Waals surface area contributed by atoms with Crippen molar-refractivity contribution in [3.05, 3.63) is 18.2 Å². The molecule has 0 bridgehead atoms. The van der Waals surface area contributed by atoms with Crippen molar-refractivity contribution in [3.8, 4) is 0 Å². The van der Waals surface area contributed by atoms with Gasteiger partial charge in [-0.3, -0.25) is 0 Å². The minimum absolute atomic E-state index is 0.869. The zero-order valence-corrected chi connectivity index (χ0v) is 9.53. The molecular weight excluding hydrogens is 186 g/mol. The second-order valence-corrected chi connectivity index (χ2v) is 4.30. The summed E-state index contributed by atoms with van der Waals surface area (Å²) in [7, 11) is 1.91. The van der Waals surface area contributed by atoms with Gasteiger partial charge in [0.2, 0.25) is 0 Å². The van der Waals surface area contributed by atoms with Crippen LogP contribution in [0.25, 0.3) is 0 Å². The van der Waals surface area contributed by atoms with Gasteiger partial charge in [0.1, 0.15) is 11.6 Å².